The Kier molecular flexibility index (Phi) is 3.78. The van der Waals surface area contributed by atoms with Crippen molar-refractivity contribution in [3.8, 4) is 0 Å². The Hall–Kier alpha value is -2.10. The minimum atomic E-state index is -0.0714. The topological polar surface area (TPSA) is 46.9 Å². The van der Waals surface area contributed by atoms with E-state index in [9.17, 15) is 4.79 Å². The van der Waals surface area contributed by atoms with Crippen LogP contribution in [0.3, 0.4) is 0 Å². The van der Waals surface area contributed by atoms with Crippen LogP contribution in [0.15, 0.2) is 30.3 Å². The Morgan fingerprint density at radius 1 is 1.24 bits per heavy atom. The van der Waals surface area contributed by atoms with Crippen LogP contribution in [0.2, 0.25) is 0 Å². The molecule has 4 nitrogen and oxygen atoms in total. The number of aromatic nitrogens is 2. The number of carbonyl (C=O) groups excluding carboxylic acids is 1. The molecular weight excluding hydrogens is 262 g/mol. The second-order valence-electron chi connectivity index (χ2n) is 5.88. The first-order valence-corrected chi connectivity index (χ1v) is 7.57. The summed E-state index contributed by atoms with van der Waals surface area (Å²) in [5, 5.41) is 7.57. The van der Waals surface area contributed by atoms with Gasteiger partial charge in [0.15, 0.2) is 0 Å². The maximum atomic E-state index is 12.4. The van der Waals surface area contributed by atoms with E-state index in [0.717, 1.165) is 29.9 Å². The fourth-order valence-corrected chi connectivity index (χ4v) is 3.01. The Morgan fingerprint density at radius 3 is 2.71 bits per heavy atom. The van der Waals surface area contributed by atoms with Crippen molar-refractivity contribution in [1.29, 1.82) is 0 Å². The monoisotopic (exact) mass is 283 g/mol. The molecule has 0 atom stereocenters. The zero-order valence-corrected chi connectivity index (χ0v) is 12.6. The molecule has 110 valence electrons. The molecule has 1 aromatic heterocycles. The summed E-state index contributed by atoms with van der Waals surface area (Å²) in [6, 6.07) is 10.0. The normalized spacial score (nSPS) is 15.3. The van der Waals surface area contributed by atoms with Crippen LogP contribution in [0.5, 0.6) is 0 Å². The molecule has 1 N–H and O–H groups in total. The number of amides is 1. The van der Waals surface area contributed by atoms with Crippen molar-refractivity contribution in [2.45, 2.75) is 45.6 Å². The molecule has 1 saturated carbocycles. The Morgan fingerprint density at radius 2 is 2.00 bits per heavy atom. The van der Waals surface area contributed by atoms with Crippen molar-refractivity contribution >= 4 is 11.7 Å². The molecule has 0 spiro atoms. The molecule has 1 fully saturated rings. The minimum Gasteiger partial charge on any atom is -0.307 e. The number of hydrogen-bond acceptors (Lipinski definition) is 2. The maximum absolute atomic E-state index is 12.4. The number of aryl methyl sites for hydroxylation is 2. The van der Waals surface area contributed by atoms with Gasteiger partial charge >= 0.3 is 0 Å². The summed E-state index contributed by atoms with van der Waals surface area (Å²) in [4.78, 5) is 12.4. The van der Waals surface area contributed by atoms with E-state index in [1.54, 1.807) is 0 Å². The molecule has 1 amide bonds. The van der Waals surface area contributed by atoms with Crippen LogP contribution < -0.4 is 5.32 Å². The van der Waals surface area contributed by atoms with Crippen LogP contribution >= 0.6 is 0 Å². The number of nitrogens with one attached hydrogen (secondary N) is 1. The highest BCUT2D eigenvalue weighted by atomic mass is 16.1. The highest BCUT2D eigenvalue weighted by Gasteiger charge is 2.21. The second kappa shape index (κ2) is 5.72. The SMILES string of the molecule is Cc1cccc(C(=O)Nc2cc(C)nn2C2CCCC2)c1. The van der Waals surface area contributed by atoms with E-state index in [-0.39, 0.29) is 5.91 Å². The molecule has 1 aliphatic rings. The molecule has 4 heteroatoms. The van der Waals surface area contributed by atoms with Gasteiger partial charge in [0.05, 0.1) is 11.7 Å². The molecule has 2 aromatic rings. The lowest BCUT2D eigenvalue weighted by molar-refractivity contribution is 0.102. The summed E-state index contributed by atoms with van der Waals surface area (Å²) in [7, 11) is 0. The molecule has 0 unspecified atom stereocenters. The van der Waals surface area contributed by atoms with Crippen molar-refractivity contribution in [2.24, 2.45) is 0 Å². The molecule has 3 rings (SSSR count). The van der Waals surface area contributed by atoms with Gasteiger partial charge in [0.25, 0.3) is 5.91 Å². The third-order valence-electron chi connectivity index (χ3n) is 4.05. The van der Waals surface area contributed by atoms with Crippen molar-refractivity contribution in [3.63, 3.8) is 0 Å². The smallest absolute Gasteiger partial charge is 0.256 e. The first kappa shape index (κ1) is 13.9. The number of nitrogens with zero attached hydrogens (tertiary/aromatic N) is 2. The highest BCUT2D eigenvalue weighted by molar-refractivity contribution is 6.03. The van der Waals surface area contributed by atoms with Crippen LogP contribution in [-0.4, -0.2) is 15.7 Å². The van der Waals surface area contributed by atoms with Crippen molar-refractivity contribution < 1.29 is 4.79 Å². The van der Waals surface area contributed by atoms with Gasteiger partial charge in [-0.25, -0.2) is 4.68 Å². The predicted octanol–water partition coefficient (Wildman–Crippen LogP) is 3.87. The fraction of sp³-hybridized carbons (Fsp3) is 0.412. The van der Waals surface area contributed by atoms with E-state index in [1.165, 1.54) is 12.8 Å². The fourth-order valence-electron chi connectivity index (χ4n) is 3.01. The summed E-state index contributed by atoms with van der Waals surface area (Å²) < 4.78 is 2.00. The summed E-state index contributed by atoms with van der Waals surface area (Å²) >= 11 is 0. The van der Waals surface area contributed by atoms with E-state index >= 15 is 0 Å². The van der Waals surface area contributed by atoms with Gasteiger partial charge in [0.1, 0.15) is 5.82 Å². The number of benzene rings is 1. The van der Waals surface area contributed by atoms with Crippen molar-refractivity contribution in [1.82, 2.24) is 9.78 Å². The highest BCUT2D eigenvalue weighted by Crippen LogP contribution is 2.31. The van der Waals surface area contributed by atoms with Crippen LogP contribution in [-0.2, 0) is 0 Å². The number of rotatable bonds is 3. The third-order valence-corrected chi connectivity index (χ3v) is 4.05. The van der Waals surface area contributed by atoms with Gasteiger partial charge in [0, 0.05) is 11.6 Å². The maximum Gasteiger partial charge on any atom is 0.256 e. The lowest BCUT2D eigenvalue weighted by atomic mass is 10.1. The van der Waals surface area contributed by atoms with Crippen molar-refractivity contribution in [2.75, 3.05) is 5.32 Å². The molecule has 0 bridgehead atoms. The molecule has 21 heavy (non-hydrogen) atoms. The molecule has 1 heterocycles. The van der Waals surface area contributed by atoms with E-state index in [1.807, 2.05) is 48.9 Å². The lowest BCUT2D eigenvalue weighted by Crippen LogP contribution is -2.17. The Balaban J connectivity index is 1.82. The first-order chi connectivity index (χ1) is 10.1. The van der Waals surface area contributed by atoms with Crippen LogP contribution in [0, 0.1) is 13.8 Å². The van der Waals surface area contributed by atoms with E-state index < -0.39 is 0 Å². The zero-order valence-electron chi connectivity index (χ0n) is 12.6. The number of hydrogen-bond donors (Lipinski definition) is 1. The number of anilines is 1. The average Bonchev–Trinajstić information content (AvgIpc) is 3.08. The van der Waals surface area contributed by atoms with Crippen molar-refractivity contribution in [3.05, 3.63) is 47.2 Å². The molecule has 0 aliphatic heterocycles. The molecule has 1 aliphatic carbocycles. The van der Waals surface area contributed by atoms with Gasteiger partial charge in [-0.3, -0.25) is 4.79 Å². The minimum absolute atomic E-state index is 0.0714. The average molecular weight is 283 g/mol. The van der Waals surface area contributed by atoms with Crippen LogP contribution in [0.1, 0.15) is 53.3 Å². The zero-order chi connectivity index (χ0) is 14.8. The van der Waals surface area contributed by atoms with Gasteiger partial charge in [-0.05, 0) is 38.8 Å². The molecule has 0 saturated heterocycles. The quantitative estimate of drug-likeness (QED) is 0.929. The summed E-state index contributed by atoms with van der Waals surface area (Å²) in [5.74, 6) is 0.740. The molecule has 1 aromatic carbocycles. The van der Waals surface area contributed by atoms with E-state index in [4.69, 9.17) is 0 Å². The standard InChI is InChI=1S/C17H21N3O/c1-12-6-5-7-14(10-12)17(21)18-16-11-13(2)19-20(16)15-8-3-4-9-15/h5-7,10-11,15H,3-4,8-9H2,1-2H3,(H,18,21). The van der Waals surface area contributed by atoms with E-state index in [0.29, 0.717) is 11.6 Å². The van der Waals surface area contributed by atoms with Gasteiger partial charge < -0.3 is 5.32 Å². The summed E-state index contributed by atoms with van der Waals surface area (Å²) in [6.07, 6.45) is 4.78. The third kappa shape index (κ3) is 2.99. The number of carbonyl (C=O) groups is 1. The summed E-state index contributed by atoms with van der Waals surface area (Å²) in [6.45, 7) is 3.96. The van der Waals surface area contributed by atoms with Gasteiger partial charge in [-0.2, -0.15) is 5.10 Å². The Bertz CT molecular complexity index is 654. The van der Waals surface area contributed by atoms with Crippen LogP contribution in [0.25, 0.3) is 0 Å². The largest absolute Gasteiger partial charge is 0.307 e. The van der Waals surface area contributed by atoms with E-state index in [2.05, 4.69) is 10.4 Å². The predicted molar refractivity (Wildman–Crippen MR) is 83.6 cm³/mol. The molecular formula is C17H21N3O. The van der Waals surface area contributed by atoms with Gasteiger partial charge in [0.2, 0.25) is 0 Å². The second-order valence-corrected chi connectivity index (χ2v) is 5.88. The summed E-state index contributed by atoms with van der Waals surface area (Å²) in [5.41, 5.74) is 2.72. The lowest BCUT2D eigenvalue weighted by Gasteiger charge is -2.14. The first-order valence-electron chi connectivity index (χ1n) is 7.57. The molecule has 0 radical (unpaired) electrons. The van der Waals surface area contributed by atoms with Crippen LogP contribution in [0.4, 0.5) is 5.82 Å². The Labute approximate surface area is 125 Å². The van der Waals surface area contributed by atoms with Gasteiger partial charge in [-0.1, -0.05) is 30.5 Å². The van der Waals surface area contributed by atoms with Gasteiger partial charge in [-0.15, -0.1) is 0 Å².